The van der Waals surface area contributed by atoms with Crippen molar-refractivity contribution in [2.45, 2.75) is 71.1 Å². The molecule has 0 aliphatic heterocycles. The zero-order valence-corrected chi connectivity index (χ0v) is 11.4. The van der Waals surface area contributed by atoms with E-state index in [1.807, 2.05) is 0 Å². The minimum Gasteiger partial charge on any atom is -0.448 e. The number of unbranched alkanes of at least 4 members (excludes halogenated alkanes) is 9. The van der Waals surface area contributed by atoms with E-state index in [9.17, 15) is 4.79 Å². The van der Waals surface area contributed by atoms with Gasteiger partial charge in [0.25, 0.3) is 0 Å². The van der Waals surface area contributed by atoms with E-state index < -0.39 is 6.16 Å². The quantitative estimate of drug-likeness (QED) is 0.301. The summed E-state index contributed by atoms with van der Waals surface area (Å²) >= 11 is 0. The van der Waals surface area contributed by atoms with E-state index in [0.29, 0.717) is 6.61 Å². The summed E-state index contributed by atoms with van der Waals surface area (Å²) in [4.78, 5) is 18.1. The number of carboxylic acid groups (broad SMARTS) is 1. The number of rotatable bonds is 13. The lowest BCUT2D eigenvalue weighted by atomic mass is 10.1. The molecular formula is C13H26O5. The van der Waals surface area contributed by atoms with Gasteiger partial charge < -0.3 is 5.11 Å². The SMILES string of the molecule is CCCCCCCCCCCCOOOC(=O)O. The Hall–Kier alpha value is -0.810. The molecule has 0 atom stereocenters. The fourth-order valence-electron chi connectivity index (χ4n) is 1.74. The largest absolute Gasteiger partial charge is 0.540 e. The van der Waals surface area contributed by atoms with E-state index in [2.05, 4.69) is 21.7 Å². The molecule has 0 aromatic heterocycles. The van der Waals surface area contributed by atoms with Gasteiger partial charge in [0.2, 0.25) is 0 Å². The summed E-state index contributed by atoms with van der Waals surface area (Å²) in [5, 5.41) is 12.0. The second kappa shape index (κ2) is 14.3. The van der Waals surface area contributed by atoms with Crippen molar-refractivity contribution >= 4 is 6.16 Å². The van der Waals surface area contributed by atoms with Crippen LogP contribution in [0.4, 0.5) is 4.79 Å². The molecule has 0 saturated carbocycles. The van der Waals surface area contributed by atoms with Gasteiger partial charge in [0.1, 0.15) is 0 Å². The van der Waals surface area contributed by atoms with Crippen LogP contribution in [0.1, 0.15) is 71.1 Å². The first-order valence-corrected chi connectivity index (χ1v) is 6.96. The average Bonchev–Trinajstić information content (AvgIpc) is 2.34. The van der Waals surface area contributed by atoms with Gasteiger partial charge in [-0.15, -0.1) is 0 Å². The van der Waals surface area contributed by atoms with Crippen molar-refractivity contribution in [1.29, 1.82) is 0 Å². The predicted octanol–water partition coefficient (Wildman–Crippen LogP) is 4.47. The maximum atomic E-state index is 9.87. The molecule has 5 nitrogen and oxygen atoms in total. The highest BCUT2D eigenvalue weighted by molar-refractivity contribution is 5.55. The highest BCUT2D eigenvalue weighted by Gasteiger charge is 1.97. The topological polar surface area (TPSA) is 65.0 Å². The van der Waals surface area contributed by atoms with Crippen LogP contribution in [0.15, 0.2) is 0 Å². The Labute approximate surface area is 109 Å². The Morgan fingerprint density at radius 3 is 1.89 bits per heavy atom. The molecule has 0 unspecified atom stereocenters. The first kappa shape index (κ1) is 17.2. The van der Waals surface area contributed by atoms with Crippen molar-refractivity contribution in [2.75, 3.05) is 6.61 Å². The van der Waals surface area contributed by atoms with Crippen LogP contribution in [0.3, 0.4) is 0 Å². The van der Waals surface area contributed by atoms with E-state index in [-0.39, 0.29) is 0 Å². The van der Waals surface area contributed by atoms with Crippen LogP contribution in [0.2, 0.25) is 0 Å². The molecule has 108 valence electrons. The van der Waals surface area contributed by atoms with E-state index in [4.69, 9.17) is 5.11 Å². The molecule has 0 fully saturated rings. The molecule has 0 saturated heterocycles. The molecule has 1 N–H and O–H groups in total. The van der Waals surface area contributed by atoms with Crippen molar-refractivity contribution < 1.29 is 24.7 Å². The Morgan fingerprint density at radius 1 is 0.889 bits per heavy atom. The first-order valence-electron chi connectivity index (χ1n) is 6.96. The lowest BCUT2D eigenvalue weighted by molar-refractivity contribution is -0.485. The molecule has 0 spiro atoms. The third-order valence-corrected chi connectivity index (χ3v) is 2.73. The second-order valence-electron chi connectivity index (χ2n) is 4.42. The number of hydrogen-bond donors (Lipinski definition) is 1. The van der Waals surface area contributed by atoms with Gasteiger partial charge in [-0.25, -0.2) is 9.68 Å². The summed E-state index contributed by atoms with van der Waals surface area (Å²) in [6, 6.07) is 0. The summed E-state index contributed by atoms with van der Waals surface area (Å²) < 4.78 is 0. The number of hydrogen-bond acceptors (Lipinski definition) is 4. The van der Waals surface area contributed by atoms with Crippen molar-refractivity contribution in [2.24, 2.45) is 0 Å². The second-order valence-corrected chi connectivity index (χ2v) is 4.42. The Kier molecular flexibility index (Phi) is 13.6. The zero-order chi connectivity index (χ0) is 13.5. The molecule has 0 aromatic rings. The predicted molar refractivity (Wildman–Crippen MR) is 68.0 cm³/mol. The smallest absolute Gasteiger partial charge is 0.448 e. The number of carbonyl (C=O) groups is 1. The molecule has 0 aliphatic carbocycles. The normalized spacial score (nSPS) is 10.5. The summed E-state index contributed by atoms with van der Waals surface area (Å²) in [6.07, 6.45) is 10.9. The van der Waals surface area contributed by atoms with Crippen LogP contribution < -0.4 is 0 Å². The fourth-order valence-corrected chi connectivity index (χ4v) is 1.74. The molecule has 18 heavy (non-hydrogen) atoms. The highest BCUT2D eigenvalue weighted by atomic mass is 17.5. The van der Waals surface area contributed by atoms with Crippen molar-refractivity contribution in [1.82, 2.24) is 0 Å². The van der Waals surface area contributed by atoms with Gasteiger partial charge in [-0.05, 0) is 11.5 Å². The van der Waals surface area contributed by atoms with Gasteiger partial charge in [0.05, 0.1) is 6.61 Å². The van der Waals surface area contributed by atoms with E-state index in [0.717, 1.165) is 12.8 Å². The molecule has 5 heteroatoms. The highest BCUT2D eigenvalue weighted by Crippen LogP contribution is 2.10. The van der Waals surface area contributed by atoms with Crippen LogP contribution in [0, 0.1) is 0 Å². The fraction of sp³-hybridized carbons (Fsp3) is 0.923. The Balaban J connectivity index is 2.92. The van der Waals surface area contributed by atoms with Gasteiger partial charge in [0, 0.05) is 0 Å². The summed E-state index contributed by atoms with van der Waals surface area (Å²) in [5.41, 5.74) is 0. The molecule has 0 amide bonds. The summed E-state index contributed by atoms with van der Waals surface area (Å²) in [5.74, 6) is 0. The molecule has 0 heterocycles. The maximum Gasteiger partial charge on any atom is 0.540 e. The van der Waals surface area contributed by atoms with Crippen molar-refractivity contribution in [3.8, 4) is 0 Å². The maximum absolute atomic E-state index is 9.87. The van der Waals surface area contributed by atoms with Crippen LogP contribution in [0.5, 0.6) is 0 Å². The first-order chi connectivity index (χ1) is 8.77. The lowest BCUT2D eigenvalue weighted by Crippen LogP contribution is -2.03. The molecule has 0 aliphatic rings. The van der Waals surface area contributed by atoms with Crippen LogP contribution >= 0.6 is 0 Å². The minimum absolute atomic E-state index is 0.365. The molecule has 0 radical (unpaired) electrons. The van der Waals surface area contributed by atoms with Gasteiger partial charge in [-0.3, -0.25) is 0 Å². The van der Waals surface area contributed by atoms with Crippen molar-refractivity contribution in [3.63, 3.8) is 0 Å². The van der Waals surface area contributed by atoms with Gasteiger partial charge >= 0.3 is 6.16 Å². The third kappa shape index (κ3) is 15.2. The van der Waals surface area contributed by atoms with E-state index in [1.165, 1.54) is 51.4 Å². The van der Waals surface area contributed by atoms with Crippen LogP contribution in [-0.4, -0.2) is 17.9 Å². The van der Waals surface area contributed by atoms with Crippen LogP contribution in [-0.2, 0) is 14.8 Å². The Morgan fingerprint density at radius 2 is 1.39 bits per heavy atom. The summed E-state index contributed by atoms with van der Waals surface area (Å²) in [6.45, 7) is 2.59. The molecule has 0 aromatic carbocycles. The van der Waals surface area contributed by atoms with Crippen molar-refractivity contribution in [3.05, 3.63) is 0 Å². The average molecular weight is 262 g/mol. The van der Waals surface area contributed by atoms with E-state index in [1.54, 1.807) is 0 Å². The monoisotopic (exact) mass is 262 g/mol. The molecule has 0 bridgehead atoms. The molecule has 0 rings (SSSR count). The minimum atomic E-state index is -1.50. The van der Waals surface area contributed by atoms with E-state index >= 15 is 0 Å². The van der Waals surface area contributed by atoms with Crippen LogP contribution in [0.25, 0.3) is 0 Å². The van der Waals surface area contributed by atoms with Gasteiger partial charge in [-0.1, -0.05) is 64.7 Å². The summed E-state index contributed by atoms with van der Waals surface area (Å²) in [7, 11) is 0. The van der Waals surface area contributed by atoms with Gasteiger partial charge in [-0.2, -0.15) is 4.89 Å². The molecular weight excluding hydrogens is 236 g/mol. The van der Waals surface area contributed by atoms with Gasteiger partial charge in [0.15, 0.2) is 0 Å². The Bertz CT molecular complexity index is 184. The lowest BCUT2D eigenvalue weighted by Gasteiger charge is -2.02. The zero-order valence-electron chi connectivity index (χ0n) is 11.4. The standard InChI is InChI=1S/C13H26O5/c1-2-3-4-5-6-7-8-9-10-11-12-16-18-17-13(14)15/h2-12H2,1H3,(H,14,15). The third-order valence-electron chi connectivity index (χ3n) is 2.73.